The number of hydrogen-bond donors (Lipinski definition) is 2. The Labute approximate surface area is 158 Å². The van der Waals surface area contributed by atoms with Crippen molar-refractivity contribution in [2.45, 2.75) is 30.6 Å². The number of aromatic amines is 1. The van der Waals surface area contributed by atoms with Crippen LogP contribution in [0, 0.1) is 0 Å². The van der Waals surface area contributed by atoms with E-state index in [-0.39, 0.29) is 23.5 Å². The highest BCUT2D eigenvalue weighted by atomic mass is 35.5. The van der Waals surface area contributed by atoms with E-state index in [1.165, 1.54) is 16.3 Å². The van der Waals surface area contributed by atoms with Gasteiger partial charge < -0.3 is 10.1 Å². The van der Waals surface area contributed by atoms with Crippen LogP contribution >= 0.6 is 35.0 Å². The van der Waals surface area contributed by atoms with E-state index in [9.17, 15) is 9.59 Å². The number of rotatable bonds is 6. The van der Waals surface area contributed by atoms with Crippen molar-refractivity contribution in [2.24, 2.45) is 0 Å². The van der Waals surface area contributed by atoms with Crippen molar-refractivity contribution in [1.29, 1.82) is 0 Å². The predicted molar refractivity (Wildman–Crippen MR) is 97.6 cm³/mol. The molecule has 1 fully saturated rings. The Balaban J connectivity index is 1.59. The van der Waals surface area contributed by atoms with Crippen LogP contribution in [0.15, 0.2) is 28.2 Å². The number of carbonyl (C=O) groups excluding carboxylic acids is 1. The zero-order valence-corrected chi connectivity index (χ0v) is 15.5. The van der Waals surface area contributed by atoms with Crippen LogP contribution in [0.2, 0.25) is 10.0 Å². The molecule has 1 aromatic heterocycles. The quantitative estimate of drug-likeness (QED) is 0.725. The van der Waals surface area contributed by atoms with Gasteiger partial charge in [-0.25, -0.2) is 9.89 Å². The first-order chi connectivity index (χ1) is 12.0. The molecule has 25 heavy (non-hydrogen) atoms. The molecule has 0 unspecified atom stereocenters. The fourth-order valence-corrected chi connectivity index (χ4v) is 3.80. The average molecular weight is 403 g/mol. The van der Waals surface area contributed by atoms with Crippen molar-refractivity contribution in [3.05, 3.63) is 38.7 Å². The molecule has 10 heteroatoms. The number of ether oxygens (including phenoxy) is 1. The molecule has 0 saturated carbocycles. The second-order valence-electron chi connectivity index (χ2n) is 5.55. The molecule has 1 atom stereocenters. The van der Waals surface area contributed by atoms with Crippen molar-refractivity contribution in [3.8, 4) is 0 Å². The Morgan fingerprint density at radius 3 is 2.84 bits per heavy atom. The lowest BCUT2D eigenvalue weighted by Crippen LogP contribution is -2.25. The summed E-state index contributed by atoms with van der Waals surface area (Å²) in [5.41, 5.74) is 0.210. The average Bonchev–Trinajstić information content (AvgIpc) is 3.16. The molecule has 2 N–H and O–H groups in total. The molecule has 2 heterocycles. The van der Waals surface area contributed by atoms with Gasteiger partial charge in [-0.2, -0.15) is 0 Å². The van der Waals surface area contributed by atoms with Crippen molar-refractivity contribution in [3.63, 3.8) is 0 Å². The molecule has 0 radical (unpaired) electrons. The van der Waals surface area contributed by atoms with E-state index in [2.05, 4.69) is 15.5 Å². The molecule has 1 aromatic carbocycles. The Hall–Kier alpha value is -1.48. The molecule has 2 aromatic rings. The van der Waals surface area contributed by atoms with Gasteiger partial charge in [-0.1, -0.05) is 35.0 Å². The number of thioether (sulfide) groups is 1. The molecule has 0 aliphatic carbocycles. The first-order valence-electron chi connectivity index (χ1n) is 7.67. The van der Waals surface area contributed by atoms with Gasteiger partial charge in [0.05, 0.1) is 18.4 Å². The highest BCUT2D eigenvalue weighted by molar-refractivity contribution is 7.99. The monoisotopic (exact) mass is 402 g/mol. The summed E-state index contributed by atoms with van der Waals surface area (Å²) in [7, 11) is 0. The van der Waals surface area contributed by atoms with Crippen LogP contribution in [-0.4, -0.2) is 39.1 Å². The zero-order chi connectivity index (χ0) is 17.8. The molecule has 1 aliphatic rings. The Bertz CT molecular complexity index is 797. The predicted octanol–water partition coefficient (Wildman–Crippen LogP) is 2.79. The number of hydrogen-bond acceptors (Lipinski definition) is 5. The first-order valence-corrected chi connectivity index (χ1v) is 9.41. The fourth-order valence-electron chi connectivity index (χ4n) is 2.52. The minimum atomic E-state index is -0.306. The largest absolute Gasteiger partial charge is 0.376 e. The molecular weight excluding hydrogens is 387 g/mol. The van der Waals surface area contributed by atoms with Crippen molar-refractivity contribution in [2.75, 3.05) is 17.7 Å². The lowest BCUT2D eigenvalue weighted by atomic mass is 10.2. The molecule has 1 saturated heterocycles. The number of nitrogens with zero attached hydrogens (tertiary/aromatic N) is 2. The summed E-state index contributed by atoms with van der Waals surface area (Å²) in [6.07, 6.45) is 1.92. The molecule has 134 valence electrons. The van der Waals surface area contributed by atoms with Gasteiger partial charge in [0.1, 0.15) is 0 Å². The van der Waals surface area contributed by atoms with Crippen molar-refractivity contribution < 1.29 is 9.53 Å². The van der Waals surface area contributed by atoms with E-state index in [0.717, 1.165) is 12.8 Å². The van der Waals surface area contributed by atoms with Gasteiger partial charge in [0, 0.05) is 22.3 Å². The van der Waals surface area contributed by atoms with Crippen molar-refractivity contribution >= 4 is 46.6 Å². The summed E-state index contributed by atoms with van der Waals surface area (Å²) in [5.74, 6) is -0.151. The standard InChI is InChI=1S/C15H16Cl2N4O3S/c16-9-4-10(17)6-11(5-9)18-13(22)8-25-15-20-19-14(23)21(15)7-12-2-1-3-24-12/h4-6,12H,1-3,7-8H2,(H,18,22)(H,19,23)/t12-/m1/s1. The lowest BCUT2D eigenvalue weighted by Gasteiger charge is -2.11. The van der Waals surface area contributed by atoms with Gasteiger partial charge in [-0.3, -0.25) is 9.36 Å². The topological polar surface area (TPSA) is 89.0 Å². The van der Waals surface area contributed by atoms with Crippen molar-refractivity contribution in [1.82, 2.24) is 14.8 Å². The van der Waals surface area contributed by atoms with E-state index in [1.807, 2.05) is 0 Å². The molecular formula is C15H16Cl2N4O3S. The van der Waals surface area contributed by atoms with Gasteiger partial charge in [-0.05, 0) is 31.0 Å². The molecule has 1 amide bonds. The maximum absolute atomic E-state index is 12.1. The van der Waals surface area contributed by atoms with Crippen LogP contribution in [-0.2, 0) is 16.1 Å². The number of nitrogens with one attached hydrogen (secondary N) is 2. The minimum Gasteiger partial charge on any atom is -0.376 e. The number of H-pyrrole nitrogens is 1. The summed E-state index contributed by atoms with van der Waals surface area (Å²) >= 11 is 13.0. The third-order valence-electron chi connectivity index (χ3n) is 3.61. The Morgan fingerprint density at radius 2 is 2.16 bits per heavy atom. The number of amides is 1. The Morgan fingerprint density at radius 1 is 1.40 bits per heavy atom. The minimum absolute atomic E-state index is 0.0112. The SMILES string of the molecule is O=C(CSc1n[nH]c(=O)n1C[C@H]1CCCO1)Nc1cc(Cl)cc(Cl)c1. The third-order valence-corrected chi connectivity index (χ3v) is 5.02. The van der Waals surface area contributed by atoms with Crippen LogP contribution in [0.4, 0.5) is 5.69 Å². The van der Waals surface area contributed by atoms with Crippen LogP contribution in [0.1, 0.15) is 12.8 Å². The third kappa shape index (κ3) is 5.01. The smallest absolute Gasteiger partial charge is 0.344 e. The van der Waals surface area contributed by atoms with E-state index in [4.69, 9.17) is 27.9 Å². The Kier molecular flexibility index (Phi) is 6.06. The van der Waals surface area contributed by atoms with E-state index in [1.54, 1.807) is 18.2 Å². The number of halogens is 2. The summed E-state index contributed by atoms with van der Waals surface area (Å²) in [6.45, 7) is 1.15. The molecule has 3 rings (SSSR count). The van der Waals surface area contributed by atoms with Crippen LogP contribution in [0.3, 0.4) is 0 Å². The van der Waals surface area contributed by atoms with Gasteiger partial charge in [0.15, 0.2) is 5.16 Å². The highest BCUT2D eigenvalue weighted by Crippen LogP contribution is 2.23. The van der Waals surface area contributed by atoms with Gasteiger partial charge in [0.25, 0.3) is 0 Å². The van der Waals surface area contributed by atoms with Crippen LogP contribution in [0.25, 0.3) is 0 Å². The molecule has 0 spiro atoms. The molecule has 1 aliphatic heterocycles. The summed E-state index contributed by atoms with van der Waals surface area (Å²) in [5, 5.41) is 10.4. The van der Waals surface area contributed by atoms with E-state index in [0.29, 0.717) is 34.0 Å². The van der Waals surface area contributed by atoms with Crippen LogP contribution < -0.4 is 11.0 Å². The van der Waals surface area contributed by atoms with Gasteiger partial charge in [0.2, 0.25) is 5.91 Å². The van der Waals surface area contributed by atoms with E-state index < -0.39 is 0 Å². The fraction of sp³-hybridized carbons (Fsp3) is 0.400. The summed E-state index contributed by atoms with van der Waals surface area (Å²) < 4.78 is 7.05. The van der Waals surface area contributed by atoms with E-state index >= 15 is 0 Å². The van der Waals surface area contributed by atoms with Gasteiger partial charge in [-0.15, -0.1) is 5.10 Å². The maximum Gasteiger partial charge on any atom is 0.344 e. The number of carbonyl (C=O) groups is 1. The van der Waals surface area contributed by atoms with Gasteiger partial charge >= 0.3 is 5.69 Å². The summed E-state index contributed by atoms with van der Waals surface area (Å²) in [4.78, 5) is 24.0. The number of aromatic nitrogens is 3. The maximum atomic E-state index is 12.1. The first kappa shape index (κ1) is 18.3. The highest BCUT2D eigenvalue weighted by Gasteiger charge is 2.20. The number of anilines is 1. The zero-order valence-electron chi connectivity index (χ0n) is 13.1. The molecule has 0 bridgehead atoms. The lowest BCUT2D eigenvalue weighted by molar-refractivity contribution is -0.113. The van der Waals surface area contributed by atoms with Crippen LogP contribution in [0.5, 0.6) is 0 Å². The normalized spacial score (nSPS) is 17.0. The second kappa shape index (κ2) is 8.27. The number of benzene rings is 1. The second-order valence-corrected chi connectivity index (χ2v) is 7.37. The summed E-state index contributed by atoms with van der Waals surface area (Å²) in [6, 6.07) is 4.80. The molecule has 7 nitrogen and oxygen atoms in total.